The van der Waals surface area contributed by atoms with E-state index in [2.05, 4.69) is 14.7 Å². The summed E-state index contributed by atoms with van der Waals surface area (Å²) in [5, 5.41) is 3.43. The smallest absolute Gasteiger partial charge is 0.333 e. The Bertz CT molecular complexity index is 621. The van der Waals surface area contributed by atoms with Crippen LogP contribution in [-0.4, -0.2) is 63.0 Å². The monoisotopic (exact) mass is 352 g/mol. The van der Waals surface area contributed by atoms with Gasteiger partial charge in [0.15, 0.2) is 0 Å². The molecular weight excluding hydrogens is 330 g/mol. The second-order valence-electron chi connectivity index (χ2n) is 5.62. The third kappa shape index (κ3) is 4.46. The topological polar surface area (TPSA) is 76.5 Å². The number of nitrogens with one attached hydrogen (secondary N) is 1. The summed E-state index contributed by atoms with van der Waals surface area (Å²) >= 11 is 0. The fourth-order valence-electron chi connectivity index (χ4n) is 2.68. The molecule has 0 saturated carbocycles. The molecule has 0 aromatic carbocycles. The first kappa shape index (κ1) is 18.2. The number of halogens is 2. The predicted octanol–water partition coefficient (Wildman–Crippen LogP) is 0.833. The van der Waals surface area contributed by atoms with Crippen molar-refractivity contribution in [1.29, 1.82) is 0 Å². The van der Waals surface area contributed by atoms with Crippen molar-refractivity contribution in [3.8, 4) is 0 Å². The van der Waals surface area contributed by atoms with E-state index in [1.165, 1.54) is 6.92 Å². The number of aromatic nitrogens is 2. The van der Waals surface area contributed by atoms with Gasteiger partial charge in [-0.3, -0.25) is 0 Å². The van der Waals surface area contributed by atoms with Gasteiger partial charge in [0, 0.05) is 26.7 Å². The first-order valence-corrected chi connectivity index (χ1v) is 8.86. The minimum Gasteiger partial charge on any atom is -0.383 e. The largest absolute Gasteiger partial charge is 0.383 e. The summed E-state index contributed by atoms with van der Waals surface area (Å²) in [6.07, 6.45) is 1.85. The maximum atomic E-state index is 12.7. The first-order valence-electron chi connectivity index (χ1n) is 7.38. The summed E-state index contributed by atoms with van der Waals surface area (Å²) in [4.78, 5) is 2.01. The Morgan fingerprint density at radius 1 is 1.52 bits per heavy atom. The summed E-state index contributed by atoms with van der Waals surface area (Å²) in [5.74, 6) is 0.201. The van der Waals surface area contributed by atoms with Gasteiger partial charge in [0.1, 0.15) is 4.90 Å². The van der Waals surface area contributed by atoms with Gasteiger partial charge in [-0.1, -0.05) is 0 Å². The molecule has 2 heterocycles. The fourth-order valence-corrected chi connectivity index (χ4v) is 3.96. The van der Waals surface area contributed by atoms with E-state index >= 15 is 0 Å². The Morgan fingerprint density at radius 2 is 2.26 bits per heavy atom. The molecule has 0 amide bonds. The quantitative estimate of drug-likeness (QED) is 0.750. The molecule has 1 aromatic rings. The lowest BCUT2D eigenvalue weighted by Crippen LogP contribution is -2.32. The minimum atomic E-state index is -3.84. The highest BCUT2D eigenvalue weighted by molar-refractivity contribution is 7.89. The zero-order valence-electron chi connectivity index (χ0n) is 13.2. The second kappa shape index (κ2) is 7.65. The molecular formula is C13H22F2N4O3S. The molecule has 0 unspecified atom stereocenters. The number of likely N-dealkylation sites (tertiary alicyclic amines) is 1. The third-order valence-electron chi connectivity index (χ3n) is 4.02. The average molecular weight is 352 g/mol. The van der Waals surface area contributed by atoms with Crippen LogP contribution in [0.15, 0.2) is 11.1 Å². The Balaban J connectivity index is 1.92. The number of hydrogen-bond acceptors (Lipinski definition) is 5. The molecule has 0 radical (unpaired) electrons. The van der Waals surface area contributed by atoms with Crippen LogP contribution < -0.4 is 4.72 Å². The van der Waals surface area contributed by atoms with Crippen LogP contribution in [0.2, 0.25) is 0 Å². The van der Waals surface area contributed by atoms with Gasteiger partial charge < -0.3 is 9.64 Å². The molecule has 1 fully saturated rings. The summed E-state index contributed by atoms with van der Waals surface area (Å²) in [6.45, 7) is 1.90. The second-order valence-corrected chi connectivity index (χ2v) is 7.35. The molecule has 1 aromatic heterocycles. The van der Waals surface area contributed by atoms with Crippen LogP contribution in [0.5, 0.6) is 0 Å². The van der Waals surface area contributed by atoms with Crippen LogP contribution in [0.25, 0.3) is 0 Å². The zero-order chi connectivity index (χ0) is 17.0. The van der Waals surface area contributed by atoms with Gasteiger partial charge in [0.05, 0.1) is 18.5 Å². The fraction of sp³-hybridized carbons (Fsp3) is 0.769. The van der Waals surface area contributed by atoms with Crippen LogP contribution in [0.1, 0.15) is 18.7 Å². The van der Waals surface area contributed by atoms with Gasteiger partial charge in [0.25, 0.3) is 0 Å². The number of methoxy groups -OCH3 is 1. The van der Waals surface area contributed by atoms with Gasteiger partial charge in [-0.2, -0.15) is 13.9 Å². The maximum absolute atomic E-state index is 12.7. The van der Waals surface area contributed by atoms with E-state index in [1.54, 1.807) is 7.11 Å². The average Bonchev–Trinajstić information content (AvgIpc) is 3.09. The number of alkyl halides is 2. The lowest BCUT2D eigenvalue weighted by molar-refractivity contribution is 0.0541. The van der Waals surface area contributed by atoms with E-state index in [0.29, 0.717) is 11.3 Å². The normalized spacial score (nSPS) is 19.8. The molecule has 23 heavy (non-hydrogen) atoms. The zero-order valence-corrected chi connectivity index (χ0v) is 14.0. The minimum absolute atomic E-state index is 0.0688. The lowest BCUT2D eigenvalue weighted by atomic mass is 10.1. The molecule has 1 N–H and O–H groups in total. The van der Waals surface area contributed by atoms with Crippen molar-refractivity contribution in [3.05, 3.63) is 11.9 Å². The molecule has 1 aliphatic rings. The summed E-state index contributed by atoms with van der Waals surface area (Å²) in [6, 6.07) is 0. The number of hydrogen-bond donors (Lipinski definition) is 1. The highest BCUT2D eigenvalue weighted by Gasteiger charge is 2.27. The molecule has 2 rings (SSSR count). The van der Waals surface area contributed by atoms with Crippen LogP contribution in [0, 0.1) is 12.8 Å². The standard InChI is InChI=1S/C13H22F2N4O3S/c1-10-12(8-16-19(10)13(14)15)23(20,21)17-7-11-3-4-18(9-11)5-6-22-2/h8,11,13,17H,3-7,9H2,1-2H3/t11-/m1/s1. The third-order valence-corrected chi connectivity index (χ3v) is 5.54. The van der Waals surface area contributed by atoms with E-state index < -0.39 is 16.6 Å². The molecule has 10 heteroatoms. The number of rotatable bonds is 8. The molecule has 1 atom stereocenters. The maximum Gasteiger partial charge on any atom is 0.333 e. The molecule has 0 spiro atoms. The van der Waals surface area contributed by atoms with Crippen molar-refractivity contribution < 1.29 is 21.9 Å². The Hall–Kier alpha value is -1.10. The van der Waals surface area contributed by atoms with Crippen molar-refractivity contribution in [3.63, 3.8) is 0 Å². The van der Waals surface area contributed by atoms with Crippen molar-refractivity contribution in [2.75, 3.05) is 39.9 Å². The molecule has 0 bridgehead atoms. The van der Waals surface area contributed by atoms with Crippen LogP contribution in [0.4, 0.5) is 8.78 Å². The van der Waals surface area contributed by atoms with Crippen molar-refractivity contribution >= 4 is 10.0 Å². The van der Waals surface area contributed by atoms with Crippen LogP contribution in [0.3, 0.4) is 0 Å². The van der Waals surface area contributed by atoms with E-state index in [9.17, 15) is 17.2 Å². The van der Waals surface area contributed by atoms with Crippen molar-refractivity contribution in [2.24, 2.45) is 5.92 Å². The van der Waals surface area contributed by atoms with Gasteiger partial charge in [-0.15, -0.1) is 0 Å². The van der Waals surface area contributed by atoms with Gasteiger partial charge in [-0.05, 0) is 25.8 Å². The van der Waals surface area contributed by atoms with Crippen molar-refractivity contribution in [1.82, 2.24) is 19.4 Å². The van der Waals surface area contributed by atoms with E-state index in [0.717, 1.165) is 32.3 Å². The number of nitrogens with zero attached hydrogens (tertiary/aromatic N) is 3. The number of ether oxygens (including phenoxy) is 1. The summed E-state index contributed by atoms with van der Waals surface area (Å²) < 4.78 is 57.8. The Morgan fingerprint density at radius 3 is 2.87 bits per heavy atom. The van der Waals surface area contributed by atoms with Crippen LogP contribution in [-0.2, 0) is 14.8 Å². The summed E-state index contributed by atoms with van der Waals surface area (Å²) in [5.41, 5.74) is -0.0688. The predicted molar refractivity (Wildman–Crippen MR) is 79.8 cm³/mol. The first-order chi connectivity index (χ1) is 10.8. The van der Waals surface area contributed by atoms with E-state index in [1.807, 2.05) is 0 Å². The number of sulfonamides is 1. The molecule has 132 valence electrons. The molecule has 0 aliphatic carbocycles. The van der Waals surface area contributed by atoms with Crippen LogP contribution >= 0.6 is 0 Å². The Labute approximate surface area is 134 Å². The van der Waals surface area contributed by atoms with Gasteiger partial charge >= 0.3 is 6.55 Å². The Kier molecular flexibility index (Phi) is 6.06. The highest BCUT2D eigenvalue weighted by atomic mass is 32.2. The molecule has 1 aliphatic heterocycles. The van der Waals surface area contributed by atoms with Crippen molar-refractivity contribution in [2.45, 2.75) is 24.8 Å². The van der Waals surface area contributed by atoms with E-state index in [-0.39, 0.29) is 23.1 Å². The lowest BCUT2D eigenvalue weighted by Gasteiger charge is -2.15. The van der Waals surface area contributed by atoms with E-state index in [4.69, 9.17) is 4.74 Å². The summed E-state index contributed by atoms with van der Waals surface area (Å²) in [7, 11) is -2.19. The SMILES string of the molecule is COCCN1CC[C@H](CNS(=O)(=O)c2cnn(C(F)F)c2C)C1. The highest BCUT2D eigenvalue weighted by Crippen LogP contribution is 2.20. The molecule has 1 saturated heterocycles. The molecule has 7 nitrogen and oxygen atoms in total. The van der Waals surface area contributed by atoms with Gasteiger partial charge in [0.2, 0.25) is 10.0 Å². The van der Waals surface area contributed by atoms with Gasteiger partial charge in [-0.25, -0.2) is 17.8 Å².